The number of carbonyl (C=O) groups excluding carboxylic acids is 1. The summed E-state index contributed by atoms with van der Waals surface area (Å²) >= 11 is 5.79. The van der Waals surface area contributed by atoms with Gasteiger partial charge in [-0.2, -0.15) is 0 Å². The zero-order chi connectivity index (χ0) is 12.1. The topological polar surface area (TPSA) is 53.4 Å². The molecule has 88 valence electrons. The van der Waals surface area contributed by atoms with E-state index >= 15 is 0 Å². The van der Waals surface area contributed by atoms with Crippen LogP contribution in [0.2, 0.25) is 5.15 Å². The Labute approximate surface area is 99.9 Å². The van der Waals surface area contributed by atoms with Gasteiger partial charge in [-0.25, -0.2) is 4.98 Å². The van der Waals surface area contributed by atoms with E-state index in [2.05, 4.69) is 4.98 Å². The number of hydrogen-bond donors (Lipinski definition) is 1. The fourth-order valence-corrected chi connectivity index (χ4v) is 1.71. The standard InChI is InChI=1S/C11H15ClN2O2/c1-3-14(4-5-15)11(16)9-6-8(2)13-10(12)7-9/h6-7,15H,3-5H2,1-2H3. The van der Waals surface area contributed by atoms with Gasteiger partial charge in [0.05, 0.1) is 6.61 Å². The van der Waals surface area contributed by atoms with E-state index in [1.165, 1.54) is 6.07 Å². The number of carbonyl (C=O) groups is 1. The van der Waals surface area contributed by atoms with Gasteiger partial charge in [0.15, 0.2) is 0 Å². The van der Waals surface area contributed by atoms with E-state index in [0.717, 1.165) is 0 Å². The zero-order valence-electron chi connectivity index (χ0n) is 9.40. The highest BCUT2D eigenvalue weighted by atomic mass is 35.5. The normalized spacial score (nSPS) is 10.2. The molecule has 0 saturated carbocycles. The van der Waals surface area contributed by atoms with E-state index in [-0.39, 0.29) is 12.5 Å². The molecule has 0 aliphatic rings. The summed E-state index contributed by atoms with van der Waals surface area (Å²) in [5, 5.41) is 9.15. The molecule has 0 atom stereocenters. The summed E-state index contributed by atoms with van der Waals surface area (Å²) < 4.78 is 0. The number of aliphatic hydroxyl groups is 1. The lowest BCUT2D eigenvalue weighted by atomic mass is 10.2. The molecule has 0 unspecified atom stereocenters. The monoisotopic (exact) mass is 242 g/mol. The molecule has 0 bridgehead atoms. The predicted molar refractivity (Wildman–Crippen MR) is 62.6 cm³/mol. The van der Waals surface area contributed by atoms with Crippen molar-refractivity contribution in [3.05, 3.63) is 28.5 Å². The van der Waals surface area contributed by atoms with Crippen LogP contribution in [0.1, 0.15) is 23.0 Å². The maximum atomic E-state index is 12.0. The second-order valence-electron chi connectivity index (χ2n) is 3.43. The van der Waals surface area contributed by atoms with Crippen LogP contribution in [-0.4, -0.2) is 40.6 Å². The fourth-order valence-electron chi connectivity index (χ4n) is 1.46. The van der Waals surface area contributed by atoms with Gasteiger partial charge in [0.2, 0.25) is 0 Å². The first kappa shape index (κ1) is 12.9. The second kappa shape index (κ2) is 5.82. The molecule has 0 fully saturated rings. The van der Waals surface area contributed by atoms with Gasteiger partial charge in [0.25, 0.3) is 5.91 Å². The van der Waals surface area contributed by atoms with Crippen LogP contribution >= 0.6 is 11.6 Å². The summed E-state index contributed by atoms with van der Waals surface area (Å²) in [7, 11) is 0. The highest BCUT2D eigenvalue weighted by Gasteiger charge is 2.14. The van der Waals surface area contributed by atoms with E-state index in [0.29, 0.717) is 29.5 Å². The van der Waals surface area contributed by atoms with Crippen LogP contribution in [-0.2, 0) is 0 Å². The summed E-state index contributed by atoms with van der Waals surface area (Å²) in [6.45, 7) is 4.48. The summed E-state index contributed by atoms with van der Waals surface area (Å²) in [6.07, 6.45) is 0. The molecule has 4 nitrogen and oxygen atoms in total. The summed E-state index contributed by atoms with van der Waals surface area (Å²) in [5.74, 6) is -0.135. The number of halogens is 1. The molecule has 0 aliphatic carbocycles. The molecule has 0 spiro atoms. The van der Waals surface area contributed by atoms with Gasteiger partial charge in [0, 0.05) is 24.3 Å². The molecular formula is C11H15ClN2O2. The third-order valence-corrected chi connectivity index (χ3v) is 2.40. The molecule has 5 heteroatoms. The number of aromatic nitrogens is 1. The predicted octanol–water partition coefficient (Wildman–Crippen LogP) is 1.50. The van der Waals surface area contributed by atoms with Crippen LogP contribution in [0.3, 0.4) is 0 Å². The van der Waals surface area contributed by atoms with Crippen LogP contribution in [0.4, 0.5) is 0 Å². The molecule has 1 rings (SSSR count). The maximum absolute atomic E-state index is 12.0. The lowest BCUT2D eigenvalue weighted by molar-refractivity contribution is 0.0732. The van der Waals surface area contributed by atoms with E-state index in [9.17, 15) is 4.79 Å². The summed E-state index contributed by atoms with van der Waals surface area (Å²) in [6, 6.07) is 3.23. The molecular weight excluding hydrogens is 228 g/mol. The number of nitrogens with zero attached hydrogens (tertiary/aromatic N) is 2. The molecule has 1 aromatic rings. The molecule has 0 radical (unpaired) electrons. The van der Waals surface area contributed by atoms with Crippen LogP contribution in [0.15, 0.2) is 12.1 Å². The number of hydrogen-bond acceptors (Lipinski definition) is 3. The van der Waals surface area contributed by atoms with Gasteiger partial charge >= 0.3 is 0 Å². The molecule has 1 amide bonds. The quantitative estimate of drug-likeness (QED) is 0.814. The minimum Gasteiger partial charge on any atom is -0.395 e. The Hall–Kier alpha value is -1.13. The number of rotatable bonds is 4. The van der Waals surface area contributed by atoms with Crippen molar-refractivity contribution in [2.45, 2.75) is 13.8 Å². The molecule has 16 heavy (non-hydrogen) atoms. The van der Waals surface area contributed by atoms with Crippen LogP contribution in [0.25, 0.3) is 0 Å². The second-order valence-corrected chi connectivity index (χ2v) is 3.82. The Morgan fingerprint density at radius 2 is 2.25 bits per heavy atom. The third kappa shape index (κ3) is 3.18. The van der Waals surface area contributed by atoms with Crippen molar-refractivity contribution in [1.29, 1.82) is 0 Å². The minimum atomic E-state index is -0.135. The van der Waals surface area contributed by atoms with Crippen molar-refractivity contribution in [2.75, 3.05) is 19.7 Å². The van der Waals surface area contributed by atoms with E-state index < -0.39 is 0 Å². The van der Waals surface area contributed by atoms with E-state index in [4.69, 9.17) is 16.7 Å². The largest absolute Gasteiger partial charge is 0.395 e. The highest BCUT2D eigenvalue weighted by Crippen LogP contribution is 2.12. The lowest BCUT2D eigenvalue weighted by Gasteiger charge is -2.19. The van der Waals surface area contributed by atoms with Gasteiger partial charge in [-0.3, -0.25) is 4.79 Å². The molecule has 1 heterocycles. The van der Waals surface area contributed by atoms with Gasteiger partial charge in [-0.1, -0.05) is 11.6 Å². The Morgan fingerprint density at radius 3 is 2.75 bits per heavy atom. The molecule has 1 N–H and O–H groups in total. The van der Waals surface area contributed by atoms with E-state index in [1.807, 2.05) is 6.92 Å². The highest BCUT2D eigenvalue weighted by molar-refractivity contribution is 6.29. The first-order chi connectivity index (χ1) is 7.58. The molecule has 0 aromatic carbocycles. The number of likely N-dealkylation sites (N-methyl/N-ethyl adjacent to an activating group) is 1. The van der Waals surface area contributed by atoms with Crippen molar-refractivity contribution in [2.24, 2.45) is 0 Å². The van der Waals surface area contributed by atoms with Crippen LogP contribution in [0, 0.1) is 6.92 Å². The Kier molecular flexibility index (Phi) is 4.71. The fraction of sp³-hybridized carbons (Fsp3) is 0.455. The maximum Gasteiger partial charge on any atom is 0.254 e. The van der Waals surface area contributed by atoms with Crippen molar-refractivity contribution in [1.82, 2.24) is 9.88 Å². The average molecular weight is 243 g/mol. The van der Waals surface area contributed by atoms with Gasteiger partial charge in [0.1, 0.15) is 5.15 Å². The van der Waals surface area contributed by atoms with Gasteiger partial charge in [-0.05, 0) is 26.0 Å². The SMILES string of the molecule is CCN(CCO)C(=O)c1cc(C)nc(Cl)c1. The molecule has 0 aliphatic heterocycles. The lowest BCUT2D eigenvalue weighted by Crippen LogP contribution is -2.33. The first-order valence-corrected chi connectivity index (χ1v) is 5.50. The van der Waals surface area contributed by atoms with Gasteiger partial charge < -0.3 is 10.0 Å². The Morgan fingerprint density at radius 1 is 1.56 bits per heavy atom. The van der Waals surface area contributed by atoms with Gasteiger partial charge in [-0.15, -0.1) is 0 Å². The van der Waals surface area contributed by atoms with Crippen LogP contribution < -0.4 is 0 Å². The summed E-state index contributed by atoms with van der Waals surface area (Å²) in [4.78, 5) is 17.6. The smallest absolute Gasteiger partial charge is 0.254 e. The summed E-state index contributed by atoms with van der Waals surface area (Å²) in [5.41, 5.74) is 1.21. The number of amides is 1. The third-order valence-electron chi connectivity index (χ3n) is 2.21. The minimum absolute atomic E-state index is 0.0443. The first-order valence-electron chi connectivity index (χ1n) is 5.12. The molecule has 1 aromatic heterocycles. The molecule has 0 saturated heterocycles. The zero-order valence-corrected chi connectivity index (χ0v) is 10.2. The number of aryl methyl sites for hydroxylation is 1. The number of aliphatic hydroxyl groups excluding tert-OH is 1. The van der Waals surface area contributed by atoms with E-state index in [1.54, 1.807) is 17.9 Å². The van der Waals surface area contributed by atoms with Crippen molar-refractivity contribution in [3.8, 4) is 0 Å². The van der Waals surface area contributed by atoms with Crippen molar-refractivity contribution >= 4 is 17.5 Å². The Balaban J connectivity index is 2.94. The van der Waals surface area contributed by atoms with Crippen molar-refractivity contribution < 1.29 is 9.90 Å². The van der Waals surface area contributed by atoms with Crippen LogP contribution in [0.5, 0.6) is 0 Å². The average Bonchev–Trinajstić information content (AvgIpc) is 2.23. The Bertz CT molecular complexity index is 362. The van der Waals surface area contributed by atoms with Crippen molar-refractivity contribution in [3.63, 3.8) is 0 Å². The number of pyridine rings is 1.